The first-order valence-electron chi connectivity index (χ1n) is 6.66. The van der Waals surface area contributed by atoms with Gasteiger partial charge >= 0.3 is 0 Å². The summed E-state index contributed by atoms with van der Waals surface area (Å²) < 4.78 is 6.49. The topological polar surface area (TPSA) is 54.1 Å². The van der Waals surface area contributed by atoms with E-state index in [1.165, 1.54) is 11.3 Å². The molecule has 6 heteroatoms. The molecule has 110 valence electrons. The second kappa shape index (κ2) is 6.95. The first-order chi connectivity index (χ1) is 9.58. The molecule has 0 spiro atoms. The number of halogens is 1. The van der Waals surface area contributed by atoms with Gasteiger partial charge in [0.1, 0.15) is 0 Å². The number of nitrogens with zero attached hydrogens (tertiary/aromatic N) is 3. The fourth-order valence-corrected chi connectivity index (χ4v) is 2.43. The Labute approximate surface area is 128 Å². The Balaban J connectivity index is 2.21. The van der Waals surface area contributed by atoms with Gasteiger partial charge in [0.2, 0.25) is 0 Å². The zero-order valence-electron chi connectivity index (χ0n) is 12.0. The number of aliphatic imine (C=N–C) groups is 1. The van der Waals surface area contributed by atoms with E-state index in [4.69, 9.17) is 10.5 Å². The summed E-state index contributed by atoms with van der Waals surface area (Å²) in [6, 6.07) is 6.28. The van der Waals surface area contributed by atoms with Crippen molar-refractivity contribution in [3.63, 3.8) is 0 Å². The molecule has 0 saturated carbocycles. The molecule has 20 heavy (non-hydrogen) atoms. The van der Waals surface area contributed by atoms with Gasteiger partial charge in [0.05, 0.1) is 19.8 Å². The standard InChI is InChI=1S/C14H21BrN4O/c1-18(2)14(16)17-10-11-3-4-12(15)9-13(11)19-5-7-20-8-6-19/h3-4,9H,5-8,10H2,1-2H3,(H2,16,17). The quantitative estimate of drug-likeness (QED) is 0.671. The highest BCUT2D eigenvalue weighted by Crippen LogP contribution is 2.26. The number of guanidine groups is 1. The average Bonchev–Trinajstić information content (AvgIpc) is 2.46. The summed E-state index contributed by atoms with van der Waals surface area (Å²) in [5.41, 5.74) is 8.24. The molecule has 0 radical (unpaired) electrons. The lowest BCUT2D eigenvalue weighted by molar-refractivity contribution is 0.122. The zero-order chi connectivity index (χ0) is 14.5. The van der Waals surface area contributed by atoms with E-state index in [0.29, 0.717) is 12.5 Å². The van der Waals surface area contributed by atoms with E-state index < -0.39 is 0 Å². The molecule has 0 amide bonds. The number of nitrogens with two attached hydrogens (primary N) is 1. The first kappa shape index (κ1) is 15.1. The normalized spacial score (nSPS) is 16.4. The third-order valence-corrected chi connectivity index (χ3v) is 3.76. The molecule has 2 N–H and O–H groups in total. The van der Waals surface area contributed by atoms with E-state index in [-0.39, 0.29) is 0 Å². The SMILES string of the molecule is CN(C)C(N)=NCc1ccc(Br)cc1N1CCOCC1. The van der Waals surface area contributed by atoms with Crippen LogP contribution in [0.3, 0.4) is 0 Å². The van der Waals surface area contributed by atoms with Crippen LogP contribution in [0.25, 0.3) is 0 Å². The van der Waals surface area contributed by atoms with Crippen LogP contribution in [0.1, 0.15) is 5.56 Å². The lowest BCUT2D eigenvalue weighted by Gasteiger charge is -2.30. The van der Waals surface area contributed by atoms with Crippen LogP contribution in [0.15, 0.2) is 27.7 Å². The van der Waals surface area contributed by atoms with Gasteiger partial charge in [0.15, 0.2) is 5.96 Å². The van der Waals surface area contributed by atoms with Gasteiger partial charge in [0.25, 0.3) is 0 Å². The molecule has 1 aliphatic rings. The molecule has 0 unspecified atom stereocenters. The van der Waals surface area contributed by atoms with Gasteiger partial charge in [-0.1, -0.05) is 22.0 Å². The smallest absolute Gasteiger partial charge is 0.191 e. The molecule has 1 fully saturated rings. The van der Waals surface area contributed by atoms with Crippen molar-refractivity contribution in [2.75, 3.05) is 45.3 Å². The summed E-state index contributed by atoms with van der Waals surface area (Å²) in [5, 5.41) is 0. The lowest BCUT2D eigenvalue weighted by atomic mass is 10.1. The van der Waals surface area contributed by atoms with Crippen LogP contribution < -0.4 is 10.6 Å². The monoisotopic (exact) mass is 340 g/mol. The van der Waals surface area contributed by atoms with Crippen LogP contribution in [0.2, 0.25) is 0 Å². The molecule has 5 nitrogen and oxygen atoms in total. The highest BCUT2D eigenvalue weighted by molar-refractivity contribution is 9.10. The van der Waals surface area contributed by atoms with Crippen molar-refractivity contribution in [1.82, 2.24) is 4.90 Å². The van der Waals surface area contributed by atoms with Gasteiger partial charge < -0.3 is 20.3 Å². The Morgan fingerprint density at radius 3 is 2.75 bits per heavy atom. The number of rotatable bonds is 3. The van der Waals surface area contributed by atoms with Crippen LogP contribution in [0.5, 0.6) is 0 Å². The van der Waals surface area contributed by atoms with Crippen molar-refractivity contribution in [3.05, 3.63) is 28.2 Å². The van der Waals surface area contributed by atoms with Crippen LogP contribution >= 0.6 is 15.9 Å². The van der Waals surface area contributed by atoms with E-state index in [0.717, 1.165) is 30.8 Å². The van der Waals surface area contributed by atoms with Gasteiger partial charge in [-0.05, 0) is 17.7 Å². The molecule has 0 aliphatic carbocycles. The molecule has 1 aromatic carbocycles. The molecule has 1 aliphatic heterocycles. The number of benzene rings is 1. The van der Waals surface area contributed by atoms with E-state index in [2.05, 4.69) is 38.0 Å². The Kier molecular flexibility index (Phi) is 5.25. The number of morpholine rings is 1. The average molecular weight is 341 g/mol. The van der Waals surface area contributed by atoms with Crippen molar-refractivity contribution < 1.29 is 4.74 Å². The summed E-state index contributed by atoms with van der Waals surface area (Å²) >= 11 is 3.54. The third-order valence-electron chi connectivity index (χ3n) is 3.27. The highest BCUT2D eigenvalue weighted by atomic mass is 79.9. The molecule has 2 rings (SSSR count). The third kappa shape index (κ3) is 3.86. The van der Waals surface area contributed by atoms with Crippen molar-refractivity contribution in [2.24, 2.45) is 10.7 Å². The van der Waals surface area contributed by atoms with Gasteiger partial charge in [-0.25, -0.2) is 4.99 Å². The van der Waals surface area contributed by atoms with E-state index >= 15 is 0 Å². The molecule has 1 aromatic rings. The second-order valence-electron chi connectivity index (χ2n) is 4.94. The fraction of sp³-hybridized carbons (Fsp3) is 0.500. The van der Waals surface area contributed by atoms with Crippen LogP contribution in [0, 0.1) is 0 Å². The zero-order valence-corrected chi connectivity index (χ0v) is 13.6. The number of ether oxygens (including phenoxy) is 1. The molecule has 0 bridgehead atoms. The lowest BCUT2D eigenvalue weighted by Crippen LogP contribution is -2.36. The Hall–Kier alpha value is -1.27. The summed E-state index contributed by atoms with van der Waals surface area (Å²) in [6.07, 6.45) is 0. The minimum absolute atomic E-state index is 0.542. The summed E-state index contributed by atoms with van der Waals surface area (Å²) in [6.45, 7) is 3.96. The second-order valence-corrected chi connectivity index (χ2v) is 5.86. The largest absolute Gasteiger partial charge is 0.378 e. The predicted molar refractivity (Wildman–Crippen MR) is 86.2 cm³/mol. The van der Waals surface area contributed by atoms with E-state index in [1.807, 2.05) is 25.1 Å². The Morgan fingerprint density at radius 1 is 1.40 bits per heavy atom. The van der Waals surface area contributed by atoms with Crippen LogP contribution in [-0.4, -0.2) is 51.3 Å². The molecule has 1 heterocycles. The first-order valence-corrected chi connectivity index (χ1v) is 7.45. The van der Waals surface area contributed by atoms with E-state index in [9.17, 15) is 0 Å². The van der Waals surface area contributed by atoms with Crippen molar-refractivity contribution in [1.29, 1.82) is 0 Å². The minimum Gasteiger partial charge on any atom is -0.378 e. The number of anilines is 1. The van der Waals surface area contributed by atoms with Crippen molar-refractivity contribution >= 4 is 27.6 Å². The number of hydrogen-bond acceptors (Lipinski definition) is 3. The fourth-order valence-electron chi connectivity index (χ4n) is 2.08. The van der Waals surface area contributed by atoms with E-state index in [1.54, 1.807) is 0 Å². The van der Waals surface area contributed by atoms with Gasteiger partial charge in [-0.15, -0.1) is 0 Å². The highest BCUT2D eigenvalue weighted by Gasteiger charge is 2.15. The van der Waals surface area contributed by atoms with Crippen LogP contribution in [-0.2, 0) is 11.3 Å². The summed E-state index contributed by atoms with van der Waals surface area (Å²) in [5.74, 6) is 0.542. The Bertz CT molecular complexity index is 484. The molecule has 0 atom stereocenters. The molecular weight excluding hydrogens is 320 g/mol. The van der Waals surface area contributed by atoms with Gasteiger partial charge in [0, 0.05) is 37.3 Å². The van der Waals surface area contributed by atoms with Gasteiger partial charge in [-0.3, -0.25) is 0 Å². The maximum absolute atomic E-state index is 5.86. The van der Waals surface area contributed by atoms with Gasteiger partial charge in [-0.2, -0.15) is 0 Å². The number of hydrogen-bond donors (Lipinski definition) is 1. The minimum atomic E-state index is 0.542. The molecule has 1 saturated heterocycles. The summed E-state index contributed by atoms with van der Waals surface area (Å²) in [4.78, 5) is 8.58. The maximum atomic E-state index is 5.86. The summed E-state index contributed by atoms with van der Waals surface area (Å²) in [7, 11) is 3.78. The maximum Gasteiger partial charge on any atom is 0.191 e. The predicted octanol–water partition coefficient (Wildman–Crippen LogP) is 1.66. The molecular formula is C14H21BrN4O. The van der Waals surface area contributed by atoms with Crippen LogP contribution in [0.4, 0.5) is 5.69 Å². The Morgan fingerprint density at radius 2 is 2.10 bits per heavy atom. The molecule has 0 aromatic heterocycles. The van der Waals surface area contributed by atoms with Crippen molar-refractivity contribution in [3.8, 4) is 0 Å². The van der Waals surface area contributed by atoms with Crippen molar-refractivity contribution in [2.45, 2.75) is 6.54 Å².